The van der Waals surface area contributed by atoms with Gasteiger partial charge in [0, 0.05) is 5.69 Å². The van der Waals surface area contributed by atoms with Crippen molar-refractivity contribution in [2.75, 3.05) is 5.32 Å². The lowest BCUT2D eigenvalue weighted by Gasteiger charge is -2.06. The van der Waals surface area contributed by atoms with Crippen LogP contribution in [0.25, 0.3) is 0 Å². The van der Waals surface area contributed by atoms with Crippen LogP contribution in [-0.4, -0.2) is 16.1 Å². The van der Waals surface area contributed by atoms with E-state index in [-0.39, 0.29) is 5.91 Å². The molecule has 1 amide bonds. The summed E-state index contributed by atoms with van der Waals surface area (Å²) in [6.07, 6.45) is 0.983. The van der Waals surface area contributed by atoms with E-state index >= 15 is 0 Å². The lowest BCUT2D eigenvalue weighted by Crippen LogP contribution is -2.14. The molecule has 1 heterocycles. The Morgan fingerprint density at radius 2 is 1.80 bits per heavy atom. The van der Waals surface area contributed by atoms with Crippen molar-refractivity contribution < 1.29 is 4.79 Å². The van der Waals surface area contributed by atoms with Gasteiger partial charge in [-0.05, 0) is 42.2 Å². The molecule has 20 heavy (non-hydrogen) atoms. The third-order valence-electron chi connectivity index (χ3n) is 3.13. The van der Waals surface area contributed by atoms with E-state index in [4.69, 9.17) is 0 Å². The molecule has 1 aromatic carbocycles. The van der Waals surface area contributed by atoms with E-state index in [0.29, 0.717) is 11.6 Å². The molecule has 0 aliphatic carbocycles. The van der Waals surface area contributed by atoms with Crippen molar-refractivity contribution in [3.05, 3.63) is 53.3 Å². The first-order chi connectivity index (χ1) is 9.60. The van der Waals surface area contributed by atoms with Crippen molar-refractivity contribution in [1.82, 2.24) is 10.2 Å². The molecule has 0 unspecified atom stereocenters. The first-order valence-corrected chi connectivity index (χ1v) is 6.84. The van der Waals surface area contributed by atoms with Gasteiger partial charge in [-0.3, -0.25) is 4.79 Å². The Hall–Kier alpha value is -2.23. The minimum atomic E-state index is -0.239. The number of hydrogen-bond donors (Lipinski definition) is 1. The van der Waals surface area contributed by atoms with E-state index in [1.165, 1.54) is 5.56 Å². The van der Waals surface area contributed by atoms with Crippen molar-refractivity contribution in [2.24, 2.45) is 0 Å². The van der Waals surface area contributed by atoms with Crippen LogP contribution in [0.4, 0.5) is 5.69 Å². The van der Waals surface area contributed by atoms with Gasteiger partial charge >= 0.3 is 0 Å². The smallest absolute Gasteiger partial charge is 0.276 e. The zero-order valence-corrected chi connectivity index (χ0v) is 12.1. The number of aryl methyl sites for hydroxylation is 1. The second kappa shape index (κ2) is 6.28. The van der Waals surface area contributed by atoms with Crippen LogP contribution in [0.1, 0.15) is 48.4 Å². The third-order valence-corrected chi connectivity index (χ3v) is 3.13. The van der Waals surface area contributed by atoms with Crippen LogP contribution in [0.2, 0.25) is 0 Å². The van der Waals surface area contributed by atoms with E-state index in [9.17, 15) is 4.79 Å². The summed E-state index contributed by atoms with van der Waals surface area (Å²) in [5, 5.41) is 10.8. The number of rotatable bonds is 4. The fourth-order valence-electron chi connectivity index (χ4n) is 1.79. The van der Waals surface area contributed by atoms with Gasteiger partial charge in [0.05, 0.1) is 5.69 Å². The summed E-state index contributed by atoms with van der Waals surface area (Å²) < 4.78 is 0. The fraction of sp³-hybridized carbons (Fsp3) is 0.312. The van der Waals surface area contributed by atoms with Crippen molar-refractivity contribution in [3.63, 3.8) is 0 Å². The van der Waals surface area contributed by atoms with E-state index in [0.717, 1.165) is 17.8 Å². The second-order valence-corrected chi connectivity index (χ2v) is 5.00. The quantitative estimate of drug-likeness (QED) is 0.925. The molecular weight excluding hydrogens is 250 g/mol. The predicted molar refractivity (Wildman–Crippen MR) is 79.9 cm³/mol. The van der Waals surface area contributed by atoms with Crippen LogP contribution in [-0.2, 0) is 6.42 Å². The van der Waals surface area contributed by atoms with Crippen LogP contribution < -0.4 is 5.32 Å². The van der Waals surface area contributed by atoms with Gasteiger partial charge in [-0.2, -0.15) is 5.10 Å². The molecule has 0 fully saturated rings. The van der Waals surface area contributed by atoms with Crippen LogP contribution >= 0.6 is 0 Å². The summed E-state index contributed by atoms with van der Waals surface area (Å²) in [5.41, 5.74) is 3.22. The van der Waals surface area contributed by atoms with E-state index in [2.05, 4.69) is 22.4 Å². The lowest BCUT2D eigenvalue weighted by molar-refractivity contribution is 0.102. The molecule has 0 bridgehead atoms. The first kappa shape index (κ1) is 14.2. The van der Waals surface area contributed by atoms with Gasteiger partial charge in [-0.15, -0.1) is 5.10 Å². The van der Waals surface area contributed by atoms with Crippen molar-refractivity contribution in [3.8, 4) is 0 Å². The predicted octanol–water partition coefficient (Wildman–Crippen LogP) is 3.41. The Bertz CT molecular complexity index is 574. The van der Waals surface area contributed by atoms with Crippen LogP contribution in [0, 0.1) is 0 Å². The highest BCUT2D eigenvalue weighted by Gasteiger charge is 2.09. The zero-order valence-electron chi connectivity index (χ0n) is 12.1. The molecule has 4 nitrogen and oxygen atoms in total. The maximum Gasteiger partial charge on any atom is 0.276 e. The average Bonchev–Trinajstić information content (AvgIpc) is 2.48. The van der Waals surface area contributed by atoms with Crippen molar-refractivity contribution >= 4 is 11.6 Å². The maximum atomic E-state index is 12.0. The second-order valence-electron chi connectivity index (χ2n) is 5.00. The Morgan fingerprint density at radius 3 is 2.30 bits per heavy atom. The number of carbonyl (C=O) groups is 1. The lowest BCUT2D eigenvalue weighted by atomic mass is 10.1. The standard InChI is InChI=1S/C16H19N3O/c1-4-12-5-7-13(8-6-12)17-16(20)15-10-9-14(11(2)3)18-19-15/h5-11H,4H2,1-3H3,(H,17,20). The van der Waals surface area contributed by atoms with Crippen LogP contribution in [0.3, 0.4) is 0 Å². The average molecular weight is 269 g/mol. The molecule has 0 spiro atoms. The molecule has 4 heteroatoms. The summed E-state index contributed by atoms with van der Waals surface area (Å²) in [7, 11) is 0. The highest BCUT2D eigenvalue weighted by atomic mass is 16.1. The summed E-state index contributed by atoms with van der Waals surface area (Å²) in [6.45, 7) is 6.18. The topological polar surface area (TPSA) is 54.9 Å². The Morgan fingerprint density at radius 1 is 1.10 bits per heavy atom. The number of nitrogens with one attached hydrogen (secondary N) is 1. The van der Waals surface area contributed by atoms with Crippen LogP contribution in [0.15, 0.2) is 36.4 Å². The molecule has 1 N–H and O–H groups in total. The summed E-state index contributed by atoms with van der Waals surface area (Å²) >= 11 is 0. The number of anilines is 1. The number of carbonyl (C=O) groups excluding carboxylic acids is 1. The van der Waals surface area contributed by atoms with Crippen LogP contribution in [0.5, 0.6) is 0 Å². The van der Waals surface area contributed by atoms with E-state index in [1.807, 2.05) is 44.2 Å². The molecule has 0 radical (unpaired) electrons. The SMILES string of the molecule is CCc1ccc(NC(=O)c2ccc(C(C)C)nn2)cc1. The number of nitrogens with zero attached hydrogens (tertiary/aromatic N) is 2. The van der Waals surface area contributed by atoms with E-state index in [1.54, 1.807) is 6.07 Å². The van der Waals surface area contributed by atoms with Gasteiger partial charge in [0.2, 0.25) is 0 Å². The Labute approximate surface area is 119 Å². The minimum Gasteiger partial charge on any atom is -0.321 e. The van der Waals surface area contributed by atoms with Gasteiger partial charge in [-0.25, -0.2) is 0 Å². The Balaban J connectivity index is 2.07. The number of benzene rings is 1. The molecule has 0 atom stereocenters. The number of amides is 1. The summed E-state index contributed by atoms with van der Waals surface area (Å²) in [4.78, 5) is 12.0. The monoisotopic (exact) mass is 269 g/mol. The van der Waals surface area contributed by atoms with Crippen molar-refractivity contribution in [2.45, 2.75) is 33.1 Å². The van der Waals surface area contributed by atoms with Gasteiger partial charge in [-0.1, -0.05) is 32.9 Å². The van der Waals surface area contributed by atoms with Gasteiger partial charge in [0.25, 0.3) is 5.91 Å². The van der Waals surface area contributed by atoms with Gasteiger partial charge in [0.15, 0.2) is 5.69 Å². The molecule has 104 valence electrons. The fourth-order valence-corrected chi connectivity index (χ4v) is 1.79. The molecular formula is C16H19N3O. The van der Waals surface area contributed by atoms with E-state index < -0.39 is 0 Å². The highest BCUT2D eigenvalue weighted by molar-refractivity contribution is 6.02. The Kier molecular flexibility index (Phi) is 4.45. The molecule has 0 saturated heterocycles. The summed E-state index contributed by atoms with van der Waals surface area (Å²) in [6, 6.07) is 11.3. The summed E-state index contributed by atoms with van der Waals surface area (Å²) in [5.74, 6) is 0.0678. The molecule has 2 aromatic rings. The third kappa shape index (κ3) is 3.41. The van der Waals surface area contributed by atoms with Gasteiger partial charge in [0.1, 0.15) is 0 Å². The highest BCUT2D eigenvalue weighted by Crippen LogP contribution is 2.12. The molecule has 0 saturated carbocycles. The maximum absolute atomic E-state index is 12.0. The largest absolute Gasteiger partial charge is 0.321 e. The molecule has 0 aliphatic rings. The molecule has 0 aliphatic heterocycles. The molecule has 1 aromatic heterocycles. The van der Waals surface area contributed by atoms with Gasteiger partial charge < -0.3 is 5.32 Å². The number of aromatic nitrogens is 2. The van der Waals surface area contributed by atoms with Crippen molar-refractivity contribution in [1.29, 1.82) is 0 Å². The first-order valence-electron chi connectivity index (χ1n) is 6.84. The minimum absolute atomic E-state index is 0.239. The zero-order chi connectivity index (χ0) is 14.5. The number of hydrogen-bond acceptors (Lipinski definition) is 3. The normalized spacial score (nSPS) is 10.6. The molecule has 2 rings (SSSR count).